The zero-order chi connectivity index (χ0) is 18.2. The molecule has 2 rings (SSSR count). The van der Waals surface area contributed by atoms with Gasteiger partial charge in [-0.1, -0.05) is 0 Å². The van der Waals surface area contributed by atoms with Crippen LogP contribution < -0.4 is 0 Å². The predicted molar refractivity (Wildman–Crippen MR) is 97.9 cm³/mol. The second-order valence-corrected chi connectivity index (χ2v) is 16.4. The van der Waals surface area contributed by atoms with Crippen LogP contribution in [0.15, 0.2) is 0 Å². The molecule has 0 spiro atoms. The first kappa shape index (κ1) is 22.7. The Hall–Kier alpha value is 0.662. The molecule has 24 heavy (non-hydrogen) atoms. The van der Waals surface area contributed by atoms with Gasteiger partial charge in [-0.05, 0) is 26.2 Å². The third kappa shape index (κ3) is 8.85. The lowest BCUT2D eigenvalue weighted by Crippen LogP contribution is -2.52. The Morgan fingerprint density at radius 2 is 1.00 bits per heavy atom. The van der Waals surface area contributed by atoms with E-state index in [9.17, 15) is 0 Å². The molecule has 2 fully saturated rings. The van der Waals surface area contributed by atoms with Crippen molar-refractivity contribution in [3.8, 4) is 0 Å². The number of rotatable bonds is 3. The highest BCUT2D eigenvalue weighted by Crippen LogP contribution is 2.17. The summed E-state index contributed by atoms with van der Waals surface area (Å²) in [6.07, 6.45) is 0. The molecule has 0 N–H and O–H groups in total. The standard InChI is InChI=1S/C4H16O4Si4.C3H9B3O6/c1-11(2)6-9-5-10-7-12(3,4)8-11;1-7-4-10-5(8-2)12-6(9-3)11-4/h9-10H2,1-4H3;1-3H3. The van der Waals surface area contributed by atoms with Gasteiger partial charge >= 0.3 is 39.1 Å². The first-order valence-electron chi connectivity index (χ1n) is 7.32. The summed E-state index contributed by atoms with van der Waals surface area (Å²) in [4.78, 5) is 0. The summed E-state index contributed by atoms with van der Waals surface area (Å²) in [6, 6.07) is 0. The first-order valence-corrected chi connectivity index (χ1v) is 15.3. The molecule has 2 heterocycles. The van der Waals surface area contributed by atoms with Crippen molar-refractivity contribution in [2.24, 2.45) is 0 Å². The van der Waals surface area contributed by atoms with Gasteiger partial charge in [-0.3, -0.25) is 0 Å². The second kappa shape index (κ2) is 10.7. The highest BCUT2D eigenvalue weighted by Gasteiger charge is 2.45. The van der Waals surface area contributed by atoms with Crippen molar-refractivity contribution in [1.29, 1.82) is 0 Å². The van der Waals surface area contributed by atoms with Crippen LogP contribution >= 0.6 is 0 Å². The Balaban J connectivity index is 0.000000240. The molecule has 10 nitrogen and oxygen atoms in total. The normalized spacial score (nSPS) is 25.9. The maximum atomic E-state index is 5.89. The number of hydrogen-bond donors (Lipinski definition) is 0. The summed E-state index contributed by atoms with van der Waals surface area (Å²) >= 11 is 0. The van der Waals surface area contributed by atoms with Crippen LogP contribution in [0.2, 0.25) is 26.2 Å². The first-order chi connectivity index (χ1) is 11.2. The highest BCUT2D eigenvalue weighted by atomic mass is 28.5. The molecular weight excluding hydrogens is 389 g/mol. The average Bonchev–Trinajstić information content (AvgIpc) is 2.52. The zero-order valence-electron chi connectivity index (χ0n) is 15.2. The van der Waals surface area contributed by atoms with E-state index in [1.165, 1.54) is 21.3 Å². The molecule has 0 aromatic rings. The Labute approximate surface area is 151 Å². The molecule has 0 unspecified atom stereocenters. The van der Waals surface area contributed by atoms with Gasteiger partial charge in [0.2, 0.25) is 0 Å². The molecule has 0 bridgehead atoms. The third-order valence-electron chi connectivity index (χ3n) is 2.72. The second-order valence-electron chi connectivity index (χ2n) is 5.61. The van der Waals surface area contributed by atoms with Crippen LogP contribution in [-0.2, 0) is 44.1 Å². The molecule has 138 valence electrons. The van der Waals surface area contributed by atoms with Gasteiger partial charge in [0.15, 0.2) is 0 Å². The minimum absolute atomic E-state index is 0.806. The van der Waals surface area contributed by atoms with E-state index in [4.69, 9.17) is 44.1 Å². The van der Waals surface area contributed by atoms with E-state index >= 15 is 0 Å². The van der Waals surface area contributed by atoms with Crippen LogP contribution in [0, 0.1) is 0 Å². The molecule has 0 aromatic carbocycles. The van der Waals surface area contributed by atoms with Gasteiger partial charge in [-0.2, -0.15) is 0 Å². The maximum absolute atomic E-state index is 5.89. The largest absolute Gasteiger partial charge is 0.615 e. The van der Waals surface area contributed by atoms with Crippen LogP contribution in [0.5, 0.6) is 0 Å². The van der Waals surface area contributed by atoms with Gasteiger partial charge in [0.1, 0.15) is 0 Å². The molecule has 0 aromatic heterocycles. The van der Waals surface area contributed by atoms with Crippen molar-refractivity contribution in [1.82, 2.24) is 0 Å². The van der Waals surface area contributed by atoms with E-state index in [-0.39, 0.29) is 0 Å². The van der Waals surface area contributed by atoms with Crippen LogP contribution in [0.4, 0.5) is 0 Å². The summed E-state index contributed by atoms with van der Waals surface area (Å²) in [7, 11) is -3.59. The third-order valence-corrected chi connectivity index (χ3v) is 14.5. The molecule has 0 saturated carbocycles. The SMILES string of the molecule is COB1OB(OC)OB(OC)O1.C[Si]1(C)O[SiH2]O[SiH2]O[Si](C)(C)O1. The van der Waals surface area contributed by atoms with Crippen molar-refractivity contribution in [2.45, 2.75) is 26.2 Å². The average molecular weight is 414 g/mol. The van der Waals surface area contributed by atoms with E-state index in [2.05, 4.69) is 0 Å². The van der Waals surface area contributed by atoms with Crippen molar-refractivity contribution in [2.75, 3.05) is 21.3 Å². The zero-order valence-corrected chi connectivity index (χ0v) is 20.1. The van der Waals surface area contributed by atoms with E-state index in [0.29, 0.717) is 0 Å². The van der Waals surface area contributed by atoms with Gasteiger partial charge in [-0.15, -0.1) is 0 Å². The Kier molecular flexibility index (Phi) is 10.1. The quantitative estimate of drug-likeness (QED) is 0.504. The molecular formula is C7H25B3O10Si4. The van der Waals surface area contributed by atoms with Gasteiger partial charge < -0.3 is 44.1 Å². The molecule has 2 aliphatic heterocycles. The fourth-order valence-corrected chi connectivity index (χ4v) is 12.7. The minimum atomic E-state index is -1.91. The summed E-state index contributed by atoms with van der Waals surface area (Å²) < 4.78 is 51.7. The fraction of sp³-hybridized carbons (Fsp3) is 1.00. The summed E-state index contributed by atoms with van der Waals surface area (Å²) in [5.74, 6) is 0. The maximum Gasteiger partial charge on any atom is 0.615 e. The molecule has 0 radical (unpaired) electrons. The Morgan fingerprint density at radius 3 is 1.29 bits per heavy atom. The van der Waals surface area contributed by atoms with Gasteiger partial charge in [0.05, 0.1) is 0 Å². The number of hydrogen-bond acceptors (Lipinski definition) is 10. The van der Waals surface area contributed by atoms with E-state index in [0.717, 1.165) is 0 Å². The van der Waals surface area contributed by atoms with Crippen LogP contribution in [0.3, 0.4) is 0 Å². The van der Waals surface area contributed by atoms with Crippen molar-refractivity contribution >= 4 is 59.1 Å². The lowest BCUT2D eigenvalue weighted by molar-refractivity contribution is 0.0958. The van der Waals surface area contributed by atoms with Crippen molar-refractivity contribution < 1.29 is 44.1 Å². The fourth-order valence-electron chi connectivity index (χ4n) is 1.75. The molecule has 0 aliphatic carbocycles. The monoisotopic (exact) mass is 414 g/mol. The predicted octanol–water partition coefficient (Wildman–Crippen LogP) is -1.59. The Bertz CT molecular complexity index is 324. The van der Waals surface area contributed by atoms with Crippen LogP contribution in [0.1, 0.15) is 0 Å². The summed E-state index contributed by atoms with van der Waals surface area (Å²) in [5.41, 5.74) is 0. The van der Waals surface area contributed by atoms with Crippen molar-refractivity contribution in [3.63, 3.8) is 0 Å². The molecule has 2 saturated heterocycles. The highest BCUT2D eigenvalue weighted by molar-refractivity contribution is 6.82. The van der Waals surface area contributed by atoms with E-state index in [1.54, 1.807) is 0 Å². The Morgan fingerprint density at radius 1 is 0.667 bits per heavy atom. The smallest absolute Gasteiger partial charge is 0.425 e. The molecule has 17 heteroatoms. The van der Waals surface area contributed by atoms with Gasteiger partial charge in [-0.25, -0.2) is 0 Å². The lowest BCUT2D eigenvalue weighted by atomic mass is 9.97. The van der Waals surface area contributed by atoms with E-state index < -0.39 is 59.1 Å². The lowest BCUT2D eigenvalue weighted by Gasteiger charge is -2.35. The topological polar surface area (TPSA) is 92.3 Å². The van der Waals surface area contributed by atoms with E-state index in [1.807, 2.05) is 26.2 Å². The summed E-state index contributed by atoms with van der Waals surface area (Å²) in [5, 5.41) is 0. The van der Waals surface area contributed by atoms with Crippen LogP contribution in [0.25, 0.3) is 0 Å². The van der Waals surface area contributed by atoms with Crippen LogP contribution in [-0.4, -0.2) is 80.4 Å². The minimum Gasteiger partial charge on any atom is -0.425 e. The van der Waals surface area contributed by atoms with Crippen molar-refractivity contribution in [3.05, 3.63) is 0 Å². The molecule has 0 atom stereocenters. The molecule has 0 amide bonds. The van der Waals surface area contributed by atoms with Gasteiger partial charge in [0, 0.05) is 21.3 Å². The molecule has 2 aliphatic rings. The summed E-state index contributed by atoms with van der Waals surface area (Å²) in [6.45, 7) is 8.20. The van der Waals surface area contributed by atoms with Gasteiger partial charge in [0.25, 0.3) is 20.0 Å².